The summed E-state index contributed by atoms with van der Waals surface area (Å²) in [6, 6.07) is 14.6. The lowest BCUT2D eigenvalue weighted by Crippen LogP contribution is -1.98. The molecule has 17 heavy (non-hydrogen) atoms. The summed E-state index contributed by atoms with van der Waals surface area (Å²) in [7, 11) is 0. The van der Waals surface area contributed by atoms with Crippen molar-refractivity contribution in [3.05, 3.63) is 59.7 Å². The van der Waals surface area contributed by atoms with Crippen LogP contribution in [-0.4, -0.2) is 10.2 Å². The Morgan fingerprint density at radius 1 is 1.00 bits per heavy atom. The van der Waals surface area contributed by atoms with Gasteiger partial charge < -0.3 is 10.2 Å². The van der Waals surface area contributed by atoms with Gasteiger partial charge in [0.05, 0.1) is 0 Å². The first-order chi connectivity index (χ1) is 8.16. The molecule has 2 aromatic carbocycles. The number of aromatic hydroxyl groups is 2. The van der Waals surface area contributed by atoms with E-state index in [0.29, 0.717) is 5.75 Å². The summed E-state index contributed by atoms with van der Waals surface area (Å²) in [6.45, 7) is 2.08. The van der Waals surface area contributed by atoms with Crippen LogP contribution in [0.3, 0.4) is 0 Å². The van der Waals surface area contributed by atoms with Gasteiger partial charge in [0.25, 0.3) is 0 Å². The lowest BCUT2D eigenvalue weighted by Gasteiger charge is -2.13. The van der Waals surface area contributed by atoms with E-state index >= 15 is 0 Å². The van der Waals surface area contributed by atoms with Crippen molar-refractivity contribution in [2.45, 2.75) is 19.3 Å². The quantitative estimate of drug-likeness (QED) is 0.844. The number of phenols is 2. The zero-order chi connectivity index (χ0) is 12.3. The molecule has 1 atom stereocenters. The Balaban J connectivity index is 2.17. The summed E-state index contributed by atoms with van der Waals surface area (Å²) in [5.74, 6) is 0.876. The van der Waals surface area contributed by atoms with Gasteiger partial charge in [-0.2, -0.15) is 0 Å². The smallest absolute Gasteiger partial charge is 0.118 e. The molecule has 0 heterocycles. The van der Waals surface area contributed by atoms with E-state index in [-0.39, 0.29) is 11.7 Å². The van der Waals surface area contributed by atoms with Crippen LogP contribution in [0.5, 0.6) is 11.5 Å². The lowest BCUT2D eigenvalue weighted by molar-refractivity contribution is 0.465. The van der Waals surface area contributed by atoms with E-state index in [2.05, 4.69) is 6.92 Å². The largest absolute Gasteiger partial charge is 0.508 e. The van der Waals surface area contributed by atoms with Crippen LogP contribution in [0.2, 0.25) is 0 Å². The van der Waals surface area contributed by atoms with Gasteiger partial charge in [-0.15, -0.1) is 0 Å². The number of phenolic OH excluding ortho intramolecular Hbond substituents is 2. The van der Waals surface area contributed by atoms with Gasteiger partial charge in [-0.3, -0.25) is 0 Å². The van der Waals surface area contributed by atoms with E-state index in [4.69, 9.17) is 0 Å². The van der Waals surface area contributed by atoms with E-state index < -0.39 is 0 Å². The molecular weight excluding hydrogens is 212 g/mol. The van der Waals surface area contributed by atoms with Gasteiger partial charge in [0.15, 0.2) is 0 Å². The van der Waals surface area contributed by atoms with Gasteiger partial charge >= 0.3 is 0 Å². The molecule has 2 N–H and O–H groups in total. The fourth-order valence-electron chi connectivity index (χ4n) is 1.96. The summed E-state index contributed by atoms with van der Waals surface area (Å²) in [6.07, 6.45) is 0.760. The summed E-state index contributed by atoms with van der Waals surface area (Å²) < 4.78 is 0. The minimum Gasteiger partial charge on any atom is -0.508 e. The molecule has 0 bridgehead atoms. The Hall–Kier alpha value is -1.96. The maximum absolute atomic E-state index is 9.71. The first-order valence-corrected chi connectivity index (χ1v) is 5.72. The fraction of sp³-hybridized carbons (Fsp3) is 0.200. The van der Waals surface area contributed by atoms with Crippen LogP contribution in [0.15, 0.2) is 48.5 Å². The third-order valence-corrected chi connectivity index (χ3v) is 2.96. The molecule has 0 aliphatic rings. The molecule has 0 spiro atoms. The van der Waals surface area contributed by atoms with Crippen LogP contribution in [0.25, 0.3) is 0 Å². The zero-order valence-electron chi connectivity index (χ0n) is 9.80. The molecule has 0 fully saturated rings. The molecule has 0 saturated heterocycles. The average Bonchev–Trinajstić information content (AvgIpc) is 2.32. The minimum absolute atomic E-state index is 0.260. The van der Waals surface area contributed by atoms with Crippen molar-refractivity contribution >= 4 is 0 Å². The molecule has 2 aromatic rings. The van der Waals surface area contributed by atoms with E-state index in [0.717, 1.165) is 17.5 Å². The average molecular weight is 228 g/mol. The molecule has 0 aromatic heterocycles. The van der Waals surface area contributed by atoms with Crippen molar-refractivity contribution in [1.82, 2.24) is 0 Å². The van der Waals surface area contributed by atoms with Crippen LogP contribution < -0.4 is 0 Å². The molecule has 1 unspecified atom stereocenters. The van der Waals surface area contributed by atoms with Crippen molar-refractivity contribution < 1.29 is 10.2 Å². The van der Waals surface area contributed by atoms with Gasteiger partial charge in [0.2, 0.25) is 0 Å². The van der Waals surface area contributed by atoms with Gasteiger partial charge in [0.1, 0.15) is 11.5 Å². The highest BCUT2D eigenvalue weighted by molar-refractivity contribution is 5.35. The maximum atomic E-state index is 9.71. The highest BCUT2D eigenvalue weighted by Crippen LogP contribution is 2.26. The molecule has 0 aliphatic carbocycles. The van der Waals surface area contributed by atoms with E-state index in [9.17, 15) is 10.2 Å². The number of benzene rings is 2. The number of para-hydroxylation sites is 1. The van der Waals surface area contributed by atoms with Crippen LogP contribution in [0.4, 0.5) is 0 Å². The molecule has 0 radical (unpaired) electrons. The van der Waals surface area contributed by atoms with Crippen LogP contribution >= 0.6 is 0 Å². The van der Waals surface area contributed by atoms with Gasteiger partial charge in [0, 0.05) is 0 Å². The molecule has 2 rings (SSSR count). The Kier molecular flexibility index (Phi) is 3.33. The van der Waals surface area contributed by atoms with Crippen molar-refractivity contribution in [3.63, 3.8) is 0 Å². The first kappa shape index (κ1) is 11.5. The summed E-state index contributed by atoms with van der Waals surface area (Å²) in [4.78, 5) is 0. The maximum Gasteiger partial charge on any atom is 0.118 e. The molecule has 2 heteroatoms. The molecule has 2 nitrogen and oxygen atoms in total. The van der Waals surface area contributed by atoms with E-state index in [1.54, 1.807) is 18.2 Å². The lowest BCUT2D eigenvalue weighted by atomic mass is 9.93. The number of rotatable bonds is 3. The van der Waals surface area contributed by atoms with Crippen LogP contribution in [-0.2, 0) is 6.42 Å². The Labute approximate surface area is 101 Å². The standard InChI is InChI=1S/C15H16O2/c1-11(12-6-4-7-14(16)10-12)9-13-5-2-3-8-15(13)17/h2-8,10-11,16-17H,9H2,1H3. The summed E-state index contributed by atoms with van der Waals surface area (Å²) >= 11 is 0. The Morgan fingerprint density at radius 3 is 2.47 bits per heavy atom. The first-order valence-electron chi connectivity index (χ1n) is 5.72. The SMILES string of the molecule is CC(Cc1ccccc1O)c1cccc(O)c1. The van der Waals surface area contributed by atoms with Crippen molar-refractivity contribution in [1.29, 1.82) is 0 Å². The predicted octanol–water partition coefficient (Wildman–Crippen LogP) is 3.44. The monoisotopic (exact) mass is 228 g/mol. The third kappa shape index (κ3) is 2.78. The molecule has 0 amide bonds. The normalized spacial score (nSPS) is 12.3. The predicted molar refractivity (Wildman–Crippen MR) is 68.3 cm³/mol. The van der Waals surface area contributed by atoms with E-state index in [1.165, 1.54) is 0 Å². The van der Waals surface area contributed by atoms with Crippen LogP contribution in [0, 0.1) is 0 Å². The van der Waals surface area contributed by atoms with Crippen molar-refractivity contribution in [2.24, 2.45) is 0 Å². The third-order valence-electron chi connectivity index (χ3n) is 2.96. The van der Waals surface area contributed by atoms with Gasteiger partial charge in [-0.05, 0) is 41.7 Å². The molecule has 88 valence electrons. The van der Waals surface area contributed by atoms with Crippen LogP contribution in [0.1, 0.15) is 24.0 Å². The number of hydrogen-bond acceptors (Lipinski definition) is 2. The van der Waals surface area contributed by atoms with Gasteiger partial charge in [-0.1, -0.05) is 37.3 Å². The Bertz CT molecular complexity index is 506. The Morgan fingerprint density at radius 2 is 1.76 bits per heavy atom. The zero-order valence-corrected chi connectivity index (χ0v) is 9.80. The summed E-state index contributed by atoms with van der Waals surface area (Å²) in [5, 5.41) is 19.1. The summed E-state index contributed by atoms with van der Waals surface area (Å²) in [5.41, 5.74) is 2.01. The van der Waals surface area contributed by atoms with Gasteiger partial charge in [-0.25, -0.2) is 0 Å². The highest BCUT2D eigenvalue weighted by Gasteiger charge is 2.09. The highest BCUT2D eigenvalue weighted by atomic mass is 16.3. The second-order valence-corrected chi connectivity index (χ2v) is 4.33. The van der Waals surface area contributed by atoms with Crippen molar-refractivity contribution in [3.8, 4) is 11.5 Å². The molecule has 0 aliphatic heterocycles. The minimum atomic E-state index is 0.260. The van der Waals surface area contributed by atoms with Crippen molar-refractivity contribution in [2.75, 3.05) is 0 Å². The second-order valence-electron chi connectivity index (χ2n) is 4.33. The topological polar surface area (TPSA) is 40.5 Å². The fourth-order valence-corrected chi connectivity index (χ4v) is 1.96. The van der Waals surface area contributed by atoms with E-state index in [1.807, 2.05) is 30.3 Å². The molecule has 0 saturated carbocycles. The number of hydrogen-bond donors (Lipinski definition) is 2. The molecular formula is C15H16O2. The second kappa shape index (κ2) is 4.91.